The smallest absolute Gasteiger partial charge is 0.258 e. The molecule has 4 rings (SSSR count). The first-order valence-corrected chi connectivity index (χ1v) is 12.0. The maximum Gasteiger partial charge on any atom is 0.258 e. The Labute approximate surface area is 206 Å². The molecule has 0 atom stereocenters. The molecule has 0 saturated heterocycles. The zero-order chi connectivity index (χ0) is 24.6. The molecule has 5 heteroatoms. The number of carbonyl (C=O) groups excluding carboxylic acids is 2. The van der Waals surface area contributed by atoms with Gasteiger partial charge in [0.05, 0.1) is 12.3 Å². The highest BCUT2D eigenvalue weighted by Crippen LogP contribution is 2.28. The Morgan fingerprint density at radius 3 is 2.34 bits per heavy atom. The molecule has 4 aromatic carbocycles. The molecule has 0 aromatic heterocycles. The van der Waals surface area contributed by atoms with Crippen molar-refractivity contribution in [3.63, 3.8) is 0 Å². The van der Waals surface area contributed by atoms with E-state index < -0.39 is 0 Å². The van der Waals surface area contributed by atoms with Gasteiger partial charge < -0.3 is 15.0 Å². The van der Waals surface area contributed by atoms with Crippen molar-refractivity contribution in [3.05, 3.63) is 102 Å². The van der Waals surface area contributed by atoms with Crippen molar-refractivity contribution in [2.75, 3.05) is 23.4 Å². The van der Waals surface area contributed by atoms with Gasteiger partial charge in [-0.15, -0.1) is 0 Å². The van der Waals surface area contributed by atoms with Crippen LogP contribution in [0.4, 0.5) is 11.4 Å². The third-order valence-corrected chi connectivity index (χ3v) is 5.87. The molecule has 0 aliphatic rings. The van der Waals surface area contributed by atoms with Crippen molar-refractivity contribution in [1.29, 1.82) is 0 Å². The van der Waals surface area contributed by atoms with Gasteiger partial charge in [-0.1, -0.05) is 55.8 Å². The molecule has 0 fully saturated rings. The average Bonchev–Trinajstić information content (AvgIpc) is 2.90. The molecule has 0 bridgehead atoms. The van der Waals surface area contributed by atoms with E-state index in [4.69, 9.17) is 4.74 Å². The highest BCUT2D eigenvalue weighted by Gasteiger charge is 2.18. The van der Waals surface area contributed by atoms with E-state index in [2.05, 4.69) is 12.2 Å². The van der Waals surface area contributed by atoms with Gasteiger partial charge in [0.15, 0.2) is 0 Å². The molecule has 35 heavy (non-hydrogen) atoms. The summed E-state index contributed by atoms with van der Waals surface area (Å²) in [5.74, 6) is 0.370. The number of nitrogens with zero attached hydrogens (tertiary/aromatic N) is 1. The van der Waals surface area contributed by atoms with E-state index in [1.165, 1.54) is 0 Å². The van der Waals surface area contributed by atoms with Gasteiger partial charge >= 0.3 is 0 Å². The number of carbonyl (C=O) groups is 2. The highest BCUT2D eigenvalue weighted by molar-refractivity contribution is 6.11. The molecule has 1 N–H and O–H groups in total. The Kier molecular flexibility index (Phi) is 7.78. The number of hydrogen-bond donors (Lipinski definition) is 1. The van der Waals surface area contributed by atoms with Gasteiger partial charge in [0.25, 0.3) is 11.8 Å². The quantitative estimate of drug-likeness (QED) is 0.272. The predicted molar refractivity (Wildman–Crippen MR) is 143 cm³/mol. The van der Waals surface area contributed by atoms with E-state index in [1.807, 2.05) is 61.5 Å². The van der Waals surface area contributed by atoms with Crippen LogP contribution < -0.4 is 15.0 Å². The summed E-state index contributed by atoms with van der Waals surface area (Å²) in [5, 5.41) is 5.03. The largest absolute Gasteiger partial charge is 0.494 e. The number of rotatable bonds is 9. The van der Waals surface area contributed by atoms with E-state index in [0.29, 0.717) is 35.7 Å². The lowest BCUT2D eigenvalue weighted by Gasteiger charge is -2.23. The maximum atomic E-state index is 13.3. The molecule has 2 amide bonds. The highest BCUT2D eigenvalue weighted by atomic mass is 16.5. The van der Waals surface area contributed by atoms with Crippen molar-refractivity contribution in [2.45, 2.75) is 26.7 Å². The van der Waals surface area contributed by atoms with E-state index >= 15 is 0 Å². The minimum absolute atomic E-state index is 0.0846. The second-order valence-corrected chi connectivity index (χ2v) is 8.31. The summed E-state index contributed by atoms with van der Waals surface area (Å²) >= 11 is 0. The topological polar surface area (TPSA) is 58.6 Å². The Bertz CT molecular complexity index is 1310. The Morgan fingerprint density at radius 1 is 0.829 bits per heavy atom. The van der Waals surface area contributed by atoms with Gasteiger partial charge in [0.1, 0.15) is 5.75 Å². The fourth-order valence-electron chi connectivity index (χ4n) is 3.98. The van der Waals surface area contributed by atoms with Gasteiger partial charge in [0.2, 0.25) is 0 Å². The summed E-state index contributed by atoms with van der Waals surface area (Å²) in [6.07, 6.45) is 2.02. The molecule has 4 aromatic rings. The van der Waals surface area contributed by atoms with Crippen LogP contribution in [0.5, 0.6) is 5.75 Å². The van der Waals surface area contributed by atoms with Crippen LogP contribution in [0, 0.1) is 0 Å². The van der Waals surface area contributed by atoms with Gasteiger partial charge in [-0.25, -0.2) is 0 Å². The minimum Gasteiger partial charge on any atom is -0.494 e. The molecule has 0 unspecified atom stereocenters. The second-order valence-electron chi connectivity index (χ2n) is 8.31. The van der Waals surface area contributed by atoms with Crippen LogP contribution >= 0.6 is 0 Å². The van der Waals surface area contributed by atoms with Crippen molar-refractivity contribution in [1.82, 2.24) is 0 Å². The Hall–Kier alpha value is -4.12. The van der Waals surface area contributed by atoms with E-state index in [-0.39, 0.29) is 11.8 Å². The SMILES string of the molecule is CCCCOc1cccc(C(=O)Nc2ccc(C(=O)N(CC)c3cccc4ccccc34)cc2)c1. The minimum atomic E-state index is -0.226. The van der Waals surface area contributed by atoms with Crippen molar-refractivity contribution in [3.8, 4) is 5.75 Å². The third kappa shape index (κ3) is 5.69. The molecule has 0 saturated carbocycles. The van der Waals surface area contributed by atoms with Crippen LogP contribution in [0.15, 0.2) is 91.0 Å². The summed E-state index contributed by atoms with van der Waals surface area (Å²) in [6, 6.07) is 28.2. The molecule has 0 radical (unpaired) electrons. The third-order valence-electron chi connectivity index (χ3n) is 5.87. The zero-order valence-corrected chi connectivity index (χ0v) is 20.2. The zero-order valence-electron chi connectivity index (χ0n) is 20.2. The number of hydrogen-bond acceptors (Lipinski definition) is 3. The number of nitrogens with one attached hydrogen (secondary N) is 1. The fraction of sp³-hybridized carbons (Fsp3) is 0.200. The van der Waals surface area contributed by atoms with Gasteiger partial charge in [-0.2, -0.15) is 0 Å². The fourth-order valence-corrected chi connectivity index (χ4v) is 3.98. The van der Waals surface area contributed by atoms with Crippen LogP contribution in [0.3, 0.4) is 0 Å². The normalized spacial score (nSPS) is 10.7. The number of fused-ring (bicyclic) bond motifs is 1. The van der Waals surface area contributed by atoms with Gasteiger partial charge in [-0.05, 0) is 67.3 Å². The molecule has 0 aliphatic carbocycles. The molecular weight excluding hydrogens is 436 g/mol. The standard InChI is InChI=1S/C30H30N2O3/c1-3-5-20-35-26-13-8-12-24(21-26)29(33)31-25-18-16-23(17-19-25)30(34)32(4-2)28-15-9-11-22-10-6-7-14-27(22)28/h6-19,21H,3-5,20H2,1-2H3,(H,31,33). The number of ether oxygens (including phenoxy) is 1. The Balaban J connectivity index is 1.47. The summed E-state index contributed by atoms with van der Waals surface area (Å²) < 4.78 is 5.70. The van der Waals surface area contributed by atoms with Crippen LogP contribution in [-0.4, -0.2) is 25.0 Å². The van der Waals surface area contributed by atoms with E-state index in [9.17, 15) is 9.59 Å². The summed E-state index contributed by atoms with van der Waals surface area (Å²) in [7, 11) is 0. The van der Waals surface area contributed by atoms with E-state index in [1.54, 1.807) is 41.3 Å². The van der Waals surface area contributed by atoms with Gasteiger partial charge in [-0.3, -0.25) is 9.59 Å². The first kappa shape index (κ1) is 24.0. The molecule has 178 valence electrons. The maximum absolute atomic E-state index is 13.3. The van der Waals surface area contributed by atoms with Crippen LogP contribution in [0.25, 0.3) is 10.8 Å². The lowest BCUT2D eigenvalue weighted by Crippen LogP contribution is -2.30. The lowest BCUT2D eigenvalue weighted by molar-refractivity contribution is 0.0987. The summed E-state index contributed by atoms with van der Waals surface area (Å²) in [6.45, 7) is 5.25. The first-order valence-electron chi connectivity index (χ1n) is 12.0. The molecule has 0 heterocycles. The first-order chi connectivity index (χ1) is 17.1. The lowest BCUT2D eigenvalue weighted by atomic mass is 10.1. The molecule has 0 spiro atoms. The number of amides is 2. The van der Waals surface area contributed by atoms with Crippen LogP contribution in [0.1, 0.15) is 47.4 Å². The summed E-state index contributed by atoms with van der Waals surface area (Å²) in [5.41, 5.74) is 2.59. The second kappa shape index (κ2) is 11.3. The average molecular weight is 467 g/mol. The number of benzene rings is 4. The van der Waals surface area contributed by atoms with Gasteiger partial charge in [0, 0.05) is 28.7 Å². The van der Waals surface area contributed by atoms with Crippen molar-refractivity contribution in [2.24, 2.45) is 0 Å². The van der Waals surface area contributed by atoms with Crippen LogP contribution in [0.2, 0.25) is 0 Å². The predicted octanol–water partition coefficient (Wildman–Crippen LogP) is 6.94. The van der Waals surface area contributed by atoms with Crippen molar-refractivity contribution >= 4 is 34.0 Å². The van der Waals surface area contributed by atoms with Crippen molar-refractivity contribution < 1.29 is 14.3 Å². The number of unbranched alkanes of at least 4 members (excludes halogenated alkanes) is 1. The number of anilines is 2. The monoisotopic (exact) mass is 466 g/mol. The molecule has 0 aliphatic heterocycles. The summed E-state index contributed by atoms with van der Waals surface area (Å²) in [4.78, 5) is 27.9. The van der Waals surface area contributed by atoms with Crippen LogP contribution in [-0.2, 0) is 0 Å². The molecule has 5 nitrogen and oxygen atoms in total. The van der Waals surface area contributed by atoms with E-state index in [0.717, 1.165) is 29.3 Å². The Morgan fingerprint density at radius 2 is 1.57 bits per heavy atom. The molecular formula is C30H30N2O3.